The zero-order chi connectivity index (χ0) is 18.0. The Morgan fingerprint density at radius 1 is 1.36 bits per heavy atom. The highest BCUT2D eigenvalue weighted by Crippen LogP contribution is 2.28. The SMILES string of the molecule is CC(C)(C)C(=O)C(CCCc1cc2cccc(Cl)c2[nH]1)n1cncn1. The fourth-order valence-corrected chi connectivity index (χ4v) is 3.29. The molecule has 0 saturated carbocycles. The van der Waals surface area contributed by atoms with Crippen LogP contribution in [0.2, 0.25) is 5.02 Å². The summed E-state index contributed by atoms with van der Waals surface area (Å²) in [5.74, 6) is 0.178. The Balaban J connectivity index is 1.70. The van der Waals surface area contributed by atoms with Crippen molar-refractivity contribution in [3.05, 3.63) is 47.6 Å². The van der Waals surface area contributed by atoms with Gasteiger partial charge < -0.3 is 4.98 Å². The van der Waals surface area contributed by atoms with Crippen LogP contribution in [0, 0.1) is 5.41 Å². The first-order valence-electron chi connectivity index (χ1n) is 8.51. The minimum Gasteiger partial charge on any atom is -0.357 e. The number of aryl methyl sites for hydroxylation is 1. The second-order valence-electron chi connectivity index (χ2n) is 7.40. The zero-order valence-corrected chi connectivity index (χ0v) is 15.5. The van der Waals surface area contributed by atoms with Gasteiger partial charge in [0.15, 0.2) is 5.78 Å². The first kappa shape index (κ1) is 17.7. The normalized spacial score (nSPS) is 13.3. The van der Waals surface area contributed by atoms with Gasteiger partial charge in [-0.2, -0.15) is 5.10 Å². The Morgan fingerprint density at radius 3 is 2.80 bits per heavy atom. The monoisotopic (exact) mass is 358 g/mol. The maximum absolute atomic E-state index is 12.8. The number of ketones is 1. The summed E-state index contributed by atoms with van der Waals surface area (Å²) in [4.78, 5) is 20.1. The number of Topliss-reactive ketones (excluding diaryl/α,β-unsaturated/α-hetero) is 1. The van der Waals surface area contributed by atoms with Crippen molar-refractivity contribution in [3.63, 3.8) is 0 Å². The van der Waals surface area contributed by atoms with Crippen molar-refractivity contribution in [1.82, 2.24) is 19.7 Å². The van der Waals surface area contributed by atoms with Crippen molar-refractivity contribution >= 4 is 28.3 Å². The van der Waals surface area contributed by atoms with Crippen molar-refractivity contribution in [2.75, 3.05) is 0 Å². The van der Waals surface area contributed by atoms with E-state index in [0.717, 1.165) is 40.9 Å². The number of nitrogens with one attached hydrogen (secondary N) is 1. The summed E-state index contributed by atoms with van der Waals surface area (Å²) in [5, 5.41) is 6.02. The van der Waals surface area contributed by atoms with E-state index in [1.54, 1.807) is 11.0 Å². The van der Waals surface area contributed by atoms with Gasteiger partial charge in [0.25, 0.3) is 0 Å². The van der Waals surface area contributed by atoms with Crippen LogP contribution in [0.5, 0.6) is 0 Å². The summed E-state index contributed by atoms with van der Waals surface area (Å²) < 4.78 is 1.68. The number of fused-ring (bicyclic) bond motifs is 1. The molecule has 132 valence electrons. The van der Waals surface area contributed by atoms with Gasteiger partial charge in [-0.25, -0.2) is 9.67 Å². The molecule has 0 amide bonds. The van der Waals surface area contributed by atoms with Crippen molar-refractivity contribution in [2.45, 2.75) is 46.1 Å². The van der Waals surface area contributed by atoms with Crippen LogP contribution in [0.4, 0.5) is 0 Å². The molecule has 0 aliphatic rings. The van der Waals surface area contributed by atoms with E-state index < -0.39 is 5.41 Å². The van der Waals surface area contributed by atoms with Gasteiger partial charge in [0.05, 0.1) is 10.5 Å². The van der Waals surface area contributed by atoms with Gasteiger partial charge in [0, 0.05) is 16.5 Å². The van der Waals surface area contributed by atoms with Crippen LogP contribution >= 0.6 is 11.6 Å². The molecule has 0 bridgehead atoms. The molecular weight excluding hydrogens is 336 g/mol. The molecule has 25 heavy (non-hydrogen) atoms. The van der Waals surface area contributed by atoms with E-state index in [-0.39, 0.29) is 11.8 Å². The minimum atomic E-state index is -0.411. The molecule has 2 aromatic heterocycles. The lowest BCUT2D eigenvalue weighted by Gasteiger charge is -2.24. The average Bonchev–Trinajstić information content (AvgIpc) is 3.20. The molecule has 0 fully saturated rings. The predicted octanol–water partition coefficient (Wildman–Crippen LogP) is 4.59. The van der Waals surface area contributed by atoms with Crippen LogP contribution in [0.25, 0.3) is 10.9 Å². The topological polar surface area (TPSA) is 63.6 Å². The molecule has 0 aliphatic heterocycles. The number of carbonyl (C=O) groups is 1. The Kier molecular flexibility index (Phi) is 4.95. The number of carbonyl (C=O) groups excluding carboxylic acids is 1. The van der Waals surface area contributed by atoms with Crippen LogP contribution in [0.1, 0.15) is 45.3 Å². The summed E-state index contributed by atoms with van der Waals surface area (Å²) in [7, 11) is 0. The van der Waals surface area contributed by atoms with Gasteiger partial charge in [-0.05, 0) is 31.4 Å². The van der Waals surface area contributed by atoms with Gasteiger partial charge >= 0.3 is 0 Å². The van der Waals surface area contributed by atoms with Crippen molar-refractivity contribution in [1.29, 1.82) is 0 Å². The van der Waals surface area contributed by atoms with E-state index in [9.17, 15) is 4.79 Å². The Hall–Kier alpha value is -2.14. The number of rotatable bonds is 6. The van der Waals surface area contributed by atoms with Crippen molar-refractivity contribution < 1.29 is 4.79 Å². The lowest BCUT2D eigenvalue weighted by atomic mass is 9.84. The summed E-state index contributed by atoms with van der Waals surface area (Å²) in [6.07, 6.45) is 5.55. The molecule has 1 aromatic carbocycles. The van der Waals surface area contributed by atoms with Gasteiger partial charge in [0.2, 0.25) is 0 Å². The number of hydrogen-bond donors (Lipinski definition) is 1. The average molecular weight is 359 g/mol. The van der Waals surface area contributed by atoms with E-state index >= 15 is 0 Å². The molecule has 3 rings (SSSR count). The molecule has 5 nitrogen and oxygen atoms in total. The number of benzene rings is 1. The quantitative estimate of drug-likeness (QED) is 0.700. The number of aromatic nitrogens is 4. The third-order valence-electron chi connectivity index (χ3n) is 4.38. The molecule has 1 N–H and O–H groups in total. The smallest absolute Gasteiger partial charge is 0.162 e. The standard InChI is InChI=1S/C19H23ClN4O/c1-19(2,3)18(25)16(24-12-21-11-22-24)9-5-7-14-10-13-6-4-8-15(20)17(13)23-14/h4,6,8,10-12,16,23H,5,7,9H2,1-3H3. The fourth-order valence-electron chi connectivity index (χ4n) is 3.06. The third kappa shape index (κ3) is 3.93. The first-order valence-corrected chi connectivity index (χ1v) is 8.88. The number of hydrogen-bond acceptors (Lipinski definition) is 3. The summed E-state index contributed by atoms with van der Waals surface area (Å²) >= 11 is 6.22. The second-order valence-corrected chi connectivity index (χ2v) is 7.80. The van der Waals surface area contributed by atoms with E-state index in [1.165, 1.54) is 6.33 Å². The summed E-state index contributed by atoms with van der Waals surface area (Å²) in [6, 6.07) is 7.72. The second kappa shape index (κ2) is 7.00. The molecule has 2 heterocycles. The van der Waals surface area contributed by atoms with E-state index in [1.807, 2.05) is 39.0 Å². The summed E-state index contributed by atoms with van der Waals surface area (Å²) in [6.45, 7) is 5.83. The van der Waals surface area contributed by atoms with Crippen molar-refractivity contribution in [3.8, 4) is 0 Å². The lowest BCUT2D eigenvalue weighted by molar-refractivity contribution is -0.130. The lowest BCUT2D eigenvalue weighted by Crippen LogP contribution is -2.31. The number of halogens is 1. The number of nitrogens with zero attached hydrogens (tertiary/aromatic N) is 3. The van der Waals surface area contributed by atoms with Gasteiger partial charge in [-0.1, -0.05) is 44.5 Å². The van der Waals surface area contributed by atoms with E-state index in [2.05, 4.69) is 21.1 Å². The van der Waals surface area contributed by atoms with Crippen LogP contribution < -0.4 is 0 Å². The maximum Gasteiger partial charge on any atom is 0.162 e. The van der Waals surface area contributed by atoms with Crippen molar-refractivity contribution in [2.24, 2.45) is 5.41 Å². The third-order valence-corrected chi connectivity index (χ3v) is 4.70. The molecule has 3 aromatic rings. The molecule has 0 radical (unpaired) electrons. The molecule has 0 saturated heterocycles. The van der Waals surface area contributed by atoms with Gasteiger partial charge in [-0.3, -0.25) is 4.79 Å². The molecule has 1 atom stereocenters. The molecule has 0 aliphatic carbocycles. The molecule has 6 heteroatoms. The van der Waals surface area contributed by atoms with Crippen LogP contribution in [0.3, 0.4) is 0 Å². The zero-order valence-electron chi connectivity index (χ0n) is 14.8. The van der Waals surface area contributed by atoms with Crippen LogP contribution in [-0.4, -0.2) is 25.5 Å². The molecule has 0 spiro atoms. The molecule has 1 unspecified atom stereocenters. The highest BCUT2D eigenvalue weighted by molar-refractivity contribution is 6.35. The molecular formula is C19H23ClN4O. The number of H-pyrrole nitrogens is 1. The number of para-hydroxylation sites is 1. The Labute approximate surface area is 152 Å². The Morgan fingerprint density at radius 2 is 2.16 bits per heavy atom. The van der Waals surface area contributed by atoms with Gasteiger partial charge in [0.1, 0.15) is 18.7 Å². The van der Waals surface area contributed by atoms with Crippen LogP contribution in [0.15, 0.2) is 36.9 Å². The fraction of sp³-hybridized carbons (Fsp3) is 0.421. The Bertz CT molecular complexity index is 861. The highest BCUT2D eigenvalue weighted by atomic mass is 35.5. The minimum absolute atomic E-state index is 0.178. The van der Waals surface area contributed by atoms with E-state index in [4.69, 9.17) is 11.6 Å². The van der Waals surface area contributed by atoms with E-state index in [0.29, 0.717) is 0 Å². The number of aromatic amines is 1. The summed E-state index contributed by atoms with van der Waals surface area (Å²) in [5.41, 5.74) is 1.69. The maximum atomic E-state index is 12.8. The first-order chi connectivity index (χ1) is 11.9. The van der Waals surface area contributed by atoms with Crippen LogP contribution in [-0.2, 0) is 11.2 Å². The highest BCUT2D eigenvalue weighted by Gasteiger charge is 2.31. The largest absolute Gasteiger partial charge is 0.357 e. The van der Waals surface area contributed by atoms with Gasteiger partial charge in [-0.15, -0.1) is 0 Å². The predicted molar refractivity (Wildman–Crippen MR) is 99.8 cm³/mol.